The standard InChI is InChI=1S/C14H22ClN3O2/c1-4-5-18-6-7-20-13(9-18)12(19)8-11-14(15)10(2)16-17(11)3/h13H,4-9H2,1-3H3. The fourth-order valence-electron chi connectivity index (χ4n) is 2.57. The lowest BCUT2D eigenvalue weighted by Gasteiger charge is -2.31. The number of aryl methyl sites for hydroxylation is 2. The molecule has 1 aromatic rings. The number of ether oxygens (including phenoxy) is 1. The second kappa shape index (κ2) is 6.70. The van der Waals surface area contributed by atoms with Gasteiger partial charge in [-0.1, -0.05) is 18.5 Å². The Morgan fingerprint density at radius 1 is 1.55 bits per heavy atom. The van der Waals surface area contributed by atoms with Crippen LogP contribution in [-0.4, -0.2) is 52.8 Å². The Hall–Kier alpha value is -0.910. The topological polar surface area (TPSA) is 47.4 Å². The maximum Gasteiger partial charge on any atom is 0.168 e. The van der Waals surface area contributed by atoms with Gasteiger partial charge < -0.3 is 4.74 Å². The van der Waals surface area contributed by atoms with Crippen molar-refractivity contribution >= 4 is 17.4 Å². The van der Waals surface area contributed by atoms with Crippen molar-refractivity contribution < 1.29 is 9.53 Å². The number of halogens is 1. The highest BCUT2D eigenvalue weighted by atomic mass is 35.5. The summed E-state index contributed by atoms with van der Waals surface area (Å²) in [5, 5.41) is 4.82. The van der Waals surface area contributed by atoms with Crippen LogP contribution < -0.4 is 0 Å². The second-order valence-corrected chi connectivity index (χ2v) is 5.65. The summed E-state index contributed by atoms with van der Waals surface area (Å²) < 4.78 is 7.29. The van der Waals surface area contributed by atoms with Gasteiger partial charge in [-0.15, -0.1) is 0 Å². The molecule has 0 saturated carbocycles. The van der Waals surface area contributed by atoms with Crippen molar-refractivity contribution in [1.29, 1.82) is 0 Å². The molecule has 0 aromatic carbocycles. The van der Waals surface area contributed by atoms with E-state index in [9.17, 15) is 4.79 Å². The predicted molar refractivity (Wildman–Crippen MR) is 78.1 cm³/mol. The Kier molecular flexibility index (Phi) is 5.18. The number of carbonyl (C=O) groups is 1. The molecule has 0 amide bonds. The minimum absolute atomic E-state index is 0.0794. The van der Waals surface area contributed by atoms with E-state index >= 15 is 0 Å². The van der Waals surface area contributed by atoms with Gasteiger partial charge in [0.2, 0.25) is 0 Å². The minimum atomic E-state index is -0.346. The smallest absolute Gasteiger partial charge is 0.168 e. The number of morpholine rings is 1. The average molecular weight is 300 g/mol. The zero-order chi connectivity index (χ0) is 14.7. The van der Waals surface area contributed by atoms with E-state index in [0.29, 0.717) is 18.2 Å². The third-order valence-corrected chi connectivity index (χ3v) is 4.14. The molecule has 0 bridgehead atoms. The molecule has 112 valence electrons. The number of ketones is 1. The molecule has 6 heteroatoms. The number of nitrogens with zero attached hydrogens (tertiary/aromatic N) is 3. The molecule has 1 unspecified atom stereocenters. The van der Waals surface area contributed by atoms with Crippen LogP contribution in [0.1, 0.15) is 24.7 Å². The van der Waals surface area contributed by atoms with Crippen LogP contribution in [0, 0.1) is 6.92 Å². The number of carbonyl (C=O) groups excluding carboxylic acids is 1. The van der Waals surface area contributed by atoms with E-state index in [0.717, 1.165) is 30.9 Å². The van der Waals surface area contributed by atoms with Gasteiger partial charge in [-0.25, -0.2) is 0 Å². The van der Waals surface area contributed by atoms with Crippen LogP contribution in [0.2, 0.25) is 5.02 Å². The largest absolute Gasteiger partial charge is 0.368 e. The van der Waals surface area contributed by atoms with E-state index in [1.807, 2.05) is 14.0 Å². The number of hydrogen-bond donors (Lipinski definition) is 0. The van der Waals surface area contributed by atoms with E-state index in [4.69, 9.17) is 16.3 Å². The fraction of sp³-hybridized carbons (Fsp3) is 0.714. The van der Waals surface area contributed by atoms with Gasteiger partial charge in [0, 0.05) is 20.1 Å². The van der Waals surface area contributed by atoms with Crippen molar-refractivity contribution in [3.8, 4) is 0 Å². The number of Topliss-reactive ketones (excluding diaryl/α,β-unsaturated/α-hetero) is 1. The van der Waals surface area contributed by atoms with Crippen LogP contribution in [0.5, 0.6) is 0 Å². The molecular formula is C14H22ClN3O2. The van der Waals surface area contributed by atoms with Crippen molar-refractivity contribution in [2.45, 2.75) is 32.8 Å². The van der Waals surface area contributed by atoms with Gasteiger partial charge in [-0.05, 0) is 19.9 Å². The molecule has 0 N–H and O–H groups in total. The van der Waals surface area contributed by atoms with Crippen LogP contribution in [0.3, 0.4) is 0 Å². The molecule has 2 heterocycles. The van der Waals surface area contributed by atoms with E-state index in [-0.39, 0.29) is 18.3 Å². The van der Waals surface area contributed by atoms with Crippen molar-refractivity contribution in [3.05, 3.63) is 16.4 Å². The highest BCUT2D eigenvalue weighted by molar-refractivity contribution is 6.32. The summed E-state index contributed by atoms with van der Waals surface area (Å²) in [7, 11) is 1.81. The molecule has 20 heavy (non-hydrogen) atoms. The molecule has 0 radical (unpaired) electrons. The van der Waals surface area contributed by atoms with E-state index in [1.165, 1.54) is 0 Å². The van der Waals surface area contributed by atoms with E-state index in [1.54, 1.807) is 4.68 Å². The van der Waals surface area contributed by atoms with E-state index in [2.05, 4.69) is 16.9 Å². The molecule has 1 aliphatic rings. The summed E-state index contributed by atoms with van der Waals surface area (Å²) in [6, 6.07) is 0. The second-order valence-electron chi connectivity index (χ2n) is 5.27. The minimum Gasteiger partial charge on any atom is -0.368 e. The third-order valence-electron chi connectivity index (χ3n) is 3.65. The molecular weight excluding hydrogens is 278 g/mol. The van der Waals surface area contributed by atoms with Gasteiger partial charge in [0.1, 0.15) is 6.10 Å². The van der Waals surface area contributed by atoms with Gasteiger partial charge in [-0.2, -0.15) is 5.10 Å². The first kappa shape index (κ1) is 15.5. The van der Waals surface area contributed by atoms with Crippen LogP contribution in [-0.2, 0) is 23.0 Å². The van der Waals surface area contributed by atoms with Crippen molar-refractivity contribution in [2.24, 2.45) is 7.05 Å². The summed E-state index contributed by atoms with van der Waals surface area (Å²) >= 11 is 6.19. The molecule has 1 fully saturated rings. The number of aromatic nitrogens is 2. The lowest BCUT2D eigenvalue weighted by atomic mass is 10.1. The maximum absolute atomic E-state index is 12.4. The summed E-state index contributed by atoms with van der Waals surface area (Å²) in [5.74, 6) is 0.0794. The van der Waals surface area contributed by atoms with Gasteiger partial charge in [-0.3, -0.25) is 14.4 Å². The molecule has 1 aromatic heterocycles. The Morgan fingerprint density at radius 3 is 2.90 bits per heavy atom. The van der Waals surface area contributed by atoms with E-state index < -0.39 is 0 Å². The van der Waals surface area contributed by atoms with Crippen LogP contribution in [0.15, 0.2) is 0 Å². The highest BCUT2D eigenvalue weighted by Gasteiger charge is 2.27. The summed E-state index contributed by atoms with van der Waals surface area (Å²) in [5.41, 5.74) is 1.53. The quantitative estimate of drug-likeness (QED) is 0.829. The normalized spacial score (nSPS) is 20.3. The average Bonchev–Trinajstić information content (AvgIpc) is 2.66. The highest BCUT2D eigenvalue weighted by Crippen LogP contribution is 2.21. The van der Waals surface area contributed by atoms with Gasteiger partial charge in [0.05, 0.1) is 29.4 Å². The molecule has 1 saturated heterocycles. The molecule has 0 aliphatic carbocycles. The Balaban J connectivity index is 2.01. The van der Waals surface area contributed by atoms with Crippen LogP contribution in [0.4, 0.5) is 0 Å². The zero-order valence-corrected chi connectivity index (χ0v) is 13.1. The third kappa shape index (κ3) is 3.40. The molecule has 0 spiro atoms. The SMILES string of the molecule is CCCN1CCOC(C(=O)Cc2c(Cl)c(C)nn2C)C1. The predicted octanol–water partition coefficient (Wildman–Crippen LogP) is 1.60. The summed E-state index contributed by atoms with van der Waals surface area (Å²) in [6.45, 7) is 7.21. The van der Waals surface area contributed by atoms with Crippen molar-refractivity contribution in [3.63, 3.8) is 0 Å². The Morgan fingerprint density at radius 2 is 2.30 bits per heavy atom. The van der Waals surface area contributed by atoms with Crippen molar-refractivity contribution in [1.82, 2.24) is 14.7 Å². The van der Waals surface area contributed by atoms with Gasteiger partial charge in [0.15, 0.2) is 5.78 Å². The Bertz CT molecular complexity index is 485. The monoisotopic (exact) mass is 299 g/mol. The van der Waals surface area contributed by atoms with Crippen LogP contribution >= 0.6 is 11.6 Å². The zero-order valence-electron chi connectivity index (χ0n) is 12.4. The summed E-state index contributed by atoms with van der Waals surface area (Å²) in [4.78, 5) is 14.7. The first-order valence-corrected chi connectivity index (χ1v) is 7.45. The van der Waals surface area contributed by atoms with Crippen molar-refractivity contribution in [2.75, 3.05) is 26.2 Å². The molecule has 1 atom stereocenters. The maximum atomic E-state index is 12.4. The molecule has 1 aliphatic heterocycles. The lowest BCUT2D eigenvalue weighted by molar-refractivity contribution is -0.135. The molecule has 5 nitrogen and oxygen atoms in total. The fourth-order valence-corrected chi connectivity index (χ4v) is 2.79. The Labute approximate surface area is 124 Å². The molecule has 2 rings (SSSR count). The van der Waals surface area contributed by atoms with Crippen LogP contribution in [0.25, 0.3) is 0 Å². The first-order valence-electron chi connectivity index (χ1n) is 7.07. The number of hydrogen-bond acceptors (Lipinski definition) is 4. The summed E-state index contributed by atoms with van der Waals surface area (Å²) in [6.07, 6.45) is 1.02. The first-order chi connectivity index (χ1) is 9.52. The van der Waals surface area contributed by atoms with Gasteiger partial charge in [0.25, 0.3) is 0 Å². The number of rotatable bonds is 5. The van der Waals surface area contributed by atoms with Gasteiger partial charge >= 0.3 is 0 Å². The lowest BCUT2D eigenvalue weighted by Crippen LogP contribution is -2.46.